The minimum Gasteiger partial charge on any atom is -0.302 e. The number of nitrogens with zero attached hydrogens (tertiary/aromatic N) is 3. The molecule has 0 saturated heterocycles. The van der Waals surface area contributed by atoms with Gasteiger partial charge in [-0.15, -0.1) is 11.3 Å². The van der Waals surface area contributed by atoms with Crippen LogP contribution >= 0.6 is 11.3 Å². The molecule has 3 aromatic rings. The molecule has 0 radical (unpaired) electrons. The van der Waals surface area contributed by atoms with Gasteiger partial charge in [-0.1, -0.05) is 69.3 Å². The molecular weight excluding hydrogens is 426 g/mol. The number of carbonyl (C=O) groups is 1. The molecule has 2 aliphatic rings. The monoisotopic (exact) mass is 453 g/mol. The average molecular weight is 454 g/mol. The Morgan fingerprint density at radius 2 is 1.85 bits per heavy atom. The number of amides is 1. The molecule has 1 amide bonds. The first-order chi connectivity index (χ1) is 15.9. The molecule has 0 unspecified atom stereocenters. The second-order valence-electron chi connectivity index (χ2n) is 9.96. The highest BCUT2D eigenvalue weighted by Gasteiger charge is 2.36. The molecule has 0 fully saturated rings. The molecule has 2 heterocycles. The van der Waals surface area contributed by atoms with E-state index >= 15 is 0 Å². The van der Waals surface area contributed by atoms with Crippen LogP contribution in [0.25, 0.3) is 0 Å². The lowest BCUT2D eigenvalue weighted by Crippen LogP contribution is -2.29. The molecule has 5 rings (SSSR count). The third kappa shape index (κ3) is 3.89. The summed E-state index contributed by atoms with van der Waals surface area (Å²) in [6.07, 6.45) is 2.98. The van der Waals surface area contributed by atoms with Crippen molar-refractivity contribution in [3.05, 3.63) is 81.7 Å². The van der Waals surface area contributed by atoms with Crippen molar-refractivity contribution in [2.24, 2.45) is 16.3 Å². The number of hydrogen-bond donors (Lipinski definition) is 0. The number of benzene rings is 2. The van der Waals surface area contributed by atoms with Crippen LogP contribution in [-0.4, -0.2) is 11.6 Å². The molecule has 5 heteroatoms. The number of hydrogen-bond acceptors (Lipinski definition) is 4. The lowest BCUT2D eigenvalue weighted by atomic mass is 9.72. The van der Waals surface area contributed by atoms with E-state index in [-0.39, 0.29) is 11.3 Å². The third-order valence-electron chi connectivity index (χ3n) is 6.88. The van der Waals surface area contributed by atoms with Gasteiger partial charge in [-0.3, -0.25) is 4.79 Å². The van der Waals surface area contributed by atoms with Crippen LogP contribution in [0.1, 0.15) is 54.3 Å². The van der Waals surface area contributed by atoms with Crippen molar-refractivity contribution in [3.63, 3.8) is 0 Å². The second-order valence-corrected chi connectivity index (χ2v) is 11.0. The summed E-state index contributed by atoms with van der Waals surface area (Å²) < 4.78 is 0. The Bertz CT molecular complexity index is 1290. The Hall–Kier alpha value is -3.23. The molecule has 4 nitrogen and oxygen atoms in total. The van der Waals surface area contributed by atoms with E-state index in [2.05, 4.69) is 26.8 Å². The normalized spacial score (nSPS) is 18.8. The Balaban J connectivity index is 1.54. The average Bonchev–Trinajstić information content (AvgIpc) is 3.29. The van der Waals surface area contributed by atoms with E-state index in [0.717, 1.165) is 41.6 Å². The van der Waals surface area contributed by atoms with E-state index in [1.54, 1.807) is 16.2 Å². The van der Waals surface area contributed by atoms with Gasteiger partial charge in [-0.05, 0) is 47.8 Å². The number of para-hydroxylation sites is 1. The van der Waals surface area contributed by atoms with Crippen molar-refractivity contribution in [1.29, 1.82) is 5.26 Å². The van der Waals surface area contributed by atoms with Crippen LogP contribution in [-0.2, 0) is 24.2 Å². The Labute approximate surface area is 199 Å². The van der Waals surface area contributed by atoms with Gasteiger partial charge >= 0.3 is 0 Å². The molecule has 2 aromatic carbocycles. The van der Waals surface area contributed by atoms with Crippen LogP contribution < -0.4 is 4.90 Å². The van der Waals surface area contributed by atoms with Crippen LogP contribution in [0.15, 0.2) is 59.6 Å². The second kappa shape index (κ2) is 8.28. The summed E-state index contributed by atoms with van der Waals surface area (Å²) >= 11 is 1.59. The van der Waals surface area contributed by atoms with Crippen LogP contribution in [0.3, 0.4) is 0 Å². The molecule has 0 N–H and O–H groups in total. The van der Waals surface area contributed by atoms with Gasteiger partial charge in [0.15, 0.2) is 0 Å². The van der Waals surface area contributed by atoms with E-state index in [1.165, 1.54) is 4.88 Å². The number of aliphatic imine (C=N–C) groups is 1. The van der Waals surface area contributed by atoms with E-state index < -0.39 is 0 Å². The number of thiophene rings is 1. The van der Waals surface area contributed by atoms with Crippen molar-refractivity contribution in [2.75, 3.05) is 4.90 Å². The minimum absolute atomic E-state index is 0.108. The number of anilines is 1. The standard InChI is InChI=1S/C28H27N3OS/c1-28(2,3)19-13-14-20-22(16-29)26(33-24(20)15-19)30-25-21-11-7-8-12-23(21)31(27(25)32)17-18-9-5-4-6-10-18/h4-12,19H,13-15,17H2,1-3H3/t19-/m1/s1. The summed E-state index contributed by atoms with van der Waals surface area (Å²) in [6, 6.07) is 20.2. The maximum Gasteiger partial charge on any atom is 0.277 e. The van der Waals surface area contributed by atoms with Gasteiger partial charge in [0.05, 0.1) is 17.8 Å². The maximum absolute atomic E-state index is 13.5. The zero-order valence-corrected chi connectivity index (χ0v) is 20.1. The van der Waals surface area contributed by atoms with Gasteiger partial charge in [0.25, 0.3) is 5.91 Å². The summed E-state index contributed by atoms with van der Waals surface area (Å²) in [5, 5.41) is 10.6. The molecule has 166 valence electrons. The lowest BCUT2D eigenvalue weighted by molar-refractivity contribution is -0.112. The van der Waals surface area contributed by atoms with E-state index in [1.807, 2.05) is 54.6 Å². The SMILES string of the molecule is CC(C)(C)[C@@H]1CCc2c(sc(N=C3C(=O)N(Cc4ccccc4)c4ccccc43)c2C#N)C1. The number of carbonyl (C=O) groups excluding carboxylic acids is 1. The summed E-state index contributed by atoms with van der Waals surface area (Å²) in [6.45, 7) is 7.36. The van der Waals surface area contributed by atoms with Crippen molar-refractivity contribution < 1.29 is 4.79 Å². The number of fused-ring (bicyclic) bond motifs is 2. The molecule has 1 aliphatic heterocycles. The van der Waals surface area contributed by atoms with Crippen LogP contribution in [0.4, 0.5) is 10.7 Å². The first-order valence-electron chi connectivity index (χ1n) is 11.5. The van der Waals surface area contributed by atoms with Gasteiger partial charge in [0, 0.05) is 10.4 Å². The van der Waals surface area contributed by atoms with Crippen molar-refractivity contribution in [2.45, 2.75) is 46.6 Å². The van der Waals surface area contributed by atoms with E-state index in [4.69, 9.17) is 4.99 Å². The molecule has 0 spiro atoms. The molecular formula is C28H27N3OS. The molecule has 1 atom stereocenters. The van der Waals surface area contributed by atoms with Crippen molar-refractivity contribution in [3.8, 4) is 6.07 Å². The van der Waals surface area contributed by atoms with Gasteiger partial charge < -0.3 is 4.90 Å². The van der Waals surface area contributed by atoms with Crippen molar-refractivity contribution in [1.82, 2.24) is 0 Å². The van der Waals surface area contributed by atoms with Crippen molar-refractivity contribution >= 4 is 33.6 Å². The van der Waals surface area contributed by atoms with Gasteiger partial charge in [0.2, 0.25) is 0 Å². The summed E-state index contributed by atoms with van der Waals surface area (Å²) in [4.78, 5) is 21.4. The van der Waals surface area contributed by atoms with E-state index in [9.17, 15) is 10.1 Å². The first-order valence-corrected chi connectivity index (χ1v) is 12.3. The highest BCUT2D eigenvalue weighted by atomic mass is 32.1. The summed E-state index contributed by atoms with van der Waals surface area (Å²) in [7, 11) is 0. The Morgan fingerprint density at radius 3 is 2.58 bits per heavy atom. The number of nitriles is 1. The fraction of sp³-hybridized carbons (Fsp3) is 0.321. The fourth-order valence-electron chi connectivity index (χ4n) is 4.90. The molecule has 1 aliphatic carbocycles. The smallest absolute Gasteiger partial charge is 0.277 e. The van der Waals surface area contributed by atoms with Crippen LogP contribution in [0.5, 0.6) is 0 Å². The highest BCUT2D eigenvalue weighted by Crippen LogP contribution is 2.45. The van der Waals surface area contributed by atoms with E-state index in [0.29, 0.717) is 28.7 Å². The topological polar surface area (TPSA) is 56.5 Å². The zero-order chi connectivity index (χ0) is 23.2. The lowest BCUT2D eigenvalue weighted by Gasteiger charge is -2.33. The Kier molecular flexibility index (Phi) is 5.42. The minimum atomic E-state index is -0.108. The zero-order valence-electron chi connectivity index (χ0n) is 19.3. The van der Waals surface area contributed by atoms with Gasteiger partial charge in [0.1, 0.15) is 16.8 Å². The summed E-state index contributed by atoms with van der Waals surface area (Å²) in [5.74, 6) is 0.480. The summed E-state index contributed by atoms with van der Waals surface area (Å²) in [5.41, 5.74) is 5.24. The predicted octanol–water partition coefficient (Wildman–Crippen LogP) is 6.44. The van der Waals surface area contributed by atoms with Crippen LogP contribution in [0.2, 0.25) is 0 Å². The maximum atomic E-state index is 13.5. The first kappa shape index (κ1) is 21.6. The molecule has 33 heavy (non-hydrogen) atoms. The number of rotatable bonds is 3. The highest BCUT2D eigenvalue weighted by molar-refractivity contribution is 7.16. The largest absolute Gasteiger partial charge is 0.302 e. The quantitative estimate of drug-likeness (QED) is 0.458. The molecule has 0 saturated carbocycles. The molecule has 1 aromatic heterocycles. The van der Waals surface area contributed by atoms with Crippen LogP contribution in [0, 0.1) is 22.7 Å². The van der Waals surface area contributed by atoms with Gasteiger partial charge in [-0.25, -0.2) is 4.99 Å². The Morgan fingerprint density at radius 1 is 1.12 bits per heavy atom. The predicted molar refractivity (Wildman–Crippen MR) is 134 cm³/mol. The molecule has 0 bridgehead atoms. The third-order valence-corrected chi connectivity index (χ3v) is 8.03. The fourth-order valence-corrected chi connectivity index (χ4v) is 6.15. The van der Waals surface area contributed by atoms with Gasteiger partial charge in [-0.2, -0.15) is 5.26 Å².